The third kappa shape index (κ3) is 5.67. The zero-order chi connectivity index (χ0) is 22.1. The maximum Gasteiger partial charge on any atom is 0.354 e. The number of nitrogens with zero attached hydrogens (tertiary/aromatic N) is 1. The number of esters is 2. The van der Waals surface area contributed by atoms with E-state index in [-0.39, 0.29) is 30.2 Å². The van der Waals surface area contributed by atoms with E-state index in [2.05, 4.69) is 10.3 Å². The Morgan fingerprint density at radius 1 is 1.13 bits per heavy atom. The number of nitrogens with one attached hydrogen (secondary N) is 3. The van der Waals surface area contributed by atoms with Gasteiger partial charge in [-0.1, -0.05) is 6.07 Å². The van der Waals surface area contributed by atoms with Gasteiger partial charge in [0.2, 0.25) is 5.88 Å². The van der Waals surface area contributed by atoms with Crippen LogP contribution in [0.2, 0.25) is 0 Å². The van der Waals surface area contributed by atoms with E-state index in [1.165, 1.54) is 12.4 Å². The fourth-order valence-corrected chi connectivity index (χ4v) is 2.25. The molecule has 2 rings (SSSR count). The molecule has 0 fully saturated rings. The molecule has 11 nitrogen and oxygen atoms in total. The van der Waals surface area contributed by atoms with Gasteiger partial charge in [0, 0.05) is 12.4 Å². The number of ether oxygens (including phenoxy) is 2. The topological polar surface area (TPSA) is 163 Å². The number of hydrogen-bond acceptors (Lipinski definition) is 9. The number of aromatic nitrogens is 3. The van der Waals surface area contributed by atoms with E-state index in [1.807, 2.05) is 9.97 Å². The molecule has 11 heteroatoms. The molecule has 0 spiro atoms. The van der Waals surface area contributed by atoms with Crippen molar-refractivity contribution in [1.82, 2.24) is 20.3 Å². The molecule has 0 unspecified atom stereocenters. The van der Waals surface area contributed by atoms with Gasteiger partial charge in [-0.25, -0.2) is 14.4 Å². The van der Waals surface area contributed by atoms with Crippen LogP contribution in [-0.4, -0.2) is 45.2 Å². The van der Waals surface area contributed by atoms with Gasteiger partial charge in [-0.3, -0.25) is 19.7 Å². The van der Waals surface area contributed by atoms with Gasteiger partial charge in [0.05, 0.1) is 18.9 Å². The summed E-state index contributed by atoms with van der Waals surface area (Å²) < 4.78 is 9.94. The Morgan fingerprint density at radius 2 is 1.83 bits per heavy atom. The van der Waals surface area contributed by atoms with E-state index < -0.39 is 34.6 Å². The zero-order valence-electron chi connectivity index (χ0n) is 16.2. The first-order valence-electron chi connectivity index (χ1n) is 8.87. The Kier molecular flexibility index (Phi) is 7.68. The number of pyridine rings is 1. The van der Waals surface area contributed by atoms with Crippen molar-refractivity contribution in [3.05, 3.63) is 68.4 Å². The molecule has 30 heavy (non-hydrogen) atoms. The van der Waals surface area contributed by atoms with Crippen LogP contribution in [-0.2, 0) is 19.1 Å². The third-order valence-corrected chi connectivity index (χ3v) is 3.55. The van der Waals surface area contributed by atoms with E-state index >= 15 is 0 Å². The summed E-state index contributed by atoms with van der Waals surface area (Å²) in [7, 11) is 0. The Labute approximate surface area is 170 Å². The summed E-state index contributed by atoms with van der Waals surface area (Å²) in [5.74, 6) is -2.31. The Morgan fingerprint density at radius 3 is 2.43 bits per heavy atom. The van der Waals surface area contributed by atoms with Gasteiger partial charge in [-0.05, 0) is 32.1 Å². The van der Waals surface area contributed by atoms with Crippen molar-refractivity contribution >= 4 is 23.6 Å². The van der Waals surface area contributed by atoms with E-state index in [0.29, 0.717) is 0 Å². The maximum absolute atomic E-state index is 12.3. The Bertz CT molecular complexity index is 1080. The normalized spacial score (nSPS) is 11.7. The van der Waals surface area contributed by atoms with Gasteiger partial charge < -0.3 is 19.9 Å². The molecule has 0 bridgehead atoms. The number of hydrogen-bond donors (Lipinski definition) is 4. The minimum absolute atomic E-state index is 0.00671. The summed E-state index contributed by atoms with van der Waals surface area (Å²) in [5, 5.41) is 12.4. The molecule has 0 saturated heterocycles. The average Bonchev–Trinajstić information content (AvgIpc) is 2.70. The molecule has 158 valence electrons. The number of carbonyl (C=O) groups excluding carboxylic acids is 2. The lowest BCUT2D eigenvalue weighted by Crippen LogP contribution is -2.25. The fraction of sp³-hybridized carbons (Fsp3) is 0.211. The lowest BCUT2D eigenvalue weighted by atomic mass is 10.2. The predicted octanol–water partition coefficient (Wildman–Crippen LogP) is 0.262. The van der Waals surface area contributed by atoms with E-state index in [4.69, 9.17) is 9.47 Å². The molecule has 2 aromatic heterocycles. The van der Waals surface area contributed by atoms with Gasteiger partial charge in [-0.15, -0.1) is 0 Å². The van der Waals surface area contributed by atoms with Crippen molar-refractivity contribution in [1.29, 1.82) is 0 Å². The van der Waals surface area contributed by atoms with Crippen LogP contribution in [0, 0.1) is 0 Å². The summed E-state index contributed by atoms with van der Waals surface area (Å²) in [5.41, 5.74) is -2.25. The fourth-order valence-electron chi connectivity index (χ4n) is 2.25. The lowest BCUT2D eigenvalue weighted by Gasteiger charge is -2.10. The van der Waals surface area contributed by atoms with Crippen molar-refractivity contribution < 1.29 is 24.2 Å². The highest BCUT2D eigenvalue weighted by molar-refractivity contribution is 6.15. The molecule has 0 aromatic carbocycles. The average molecular weight is 416 g/mol. The molecular weight excluding hydrogens is 396 g/mol. The van der Waals surface area contributed by atoms with Crippen molar-refractivity contribution in [3.63, 3.8) is 0 Å². The molecule has 0 aliphatic rings. The predicted molar refractivity (Wildman–Crippen MR) is 106 cm³/mol. The van der Waals surface area contributed by atoms with Crippen molar-refractivity contribution in [2.75, 3.05) is 13.2 Å². The molecule has 0 amide bonds. The Hall–Kier alpha value is -4.15. The molecule has 0 radical (unpaired) electrons. The third-order valence-electron chi connectivity index (χ3n) is 3.55. The largest absolute Gasteiger partial charge is 0.494 e. The first-order chi connectivity index (χ1) is 14.4. The molecular formula is C19H20N4O7. The molecule has 2 heterocycles. The second-order valence-electron chi connectivity index (χ2n) is 5.59. The zero-order valence-corrected chi connectivity index (χ0v) is 16.2. The first kappa shape index (κ1) is 22.1. The molecule has 4 N–H and O–H groups in total. The van der Waals surface area contributed by atoms with Gasteiger partial charge in [0.1, 0.15) is 16.8 Å². The highest BCUT2D eigenvalue weighted by Gasteiger charge is 2.18. The van der Waals surface area contributed by atoms with Crippen molar-refractivity contribution in [3.8, 4) is 5.88 Å². The highest BCUT2D eigenvalue weighted by Crippen LogP contribution is 2.15. The van der Waals surface area contributed by atoms with Crippen LogP contribution in [0.25, 0.3) is 11.6 Å². The smallest absolute Gasteiger partial charge is 0.354 e. The molecule has 0 atom stereocenters. The number of aromatic amines is 2. The highest BCUT2D eigenvalue weighted by atomic mass is 16.5. The van der Waals surface area contributed by atoms with Crippen LogP contribution in [0.1, 0.15) is 25.1 Å². The van der Waals surface area contributed by atoms with E-state index in [9.17, 15) is 24.3 Å². The Balaban J connectivity index is 2.52. The summed E-state index contributed by atoms with van der Waals surface area (Å²) in [6.07, 6.45) is 3.61. The second kappa shape index (κ2) is 10.4. The van der Waals surface area contributed by atoms with Crippen LogP contribution in [0.3, 0.4) is 0 Å². The maximum atomic E-state index is 12.3. The summed E-state index contributed by atoms with van der Waals surface area (Å²) >= 11 is 0. The monoisotopic (exact) mass is 416 g/mol. The number of aromatic hydroxyl groups is 1. The lowest BCUT2D eigenvalue weighted by molar-refractivity contribution is -0.139. The van der Waals surface area contributed by atoms with Gasteiger partial charge >= 0.3 is 17.6 Å². The van der Waals surface area contributed by atoms with Crippen LogP contribution in [0.15, 0.2) is 45.9 Å². The minimum atomic E-state index is -0.931. The van der Waals surface area contributed by atoms with Crippen LogP contribution >= 0.6 is 0 Å². The number of rotatable bonds is 8. The van der Waals surface area contributed by atoms with E-state index in [1.54, 1.807) is 32.0 Å². The molecule has 0 saturated carbocycles. The van der Waals surface area contributed by atoms with Gasteiger partial charge in [0.15, 0.2) is 0 Å². The van der Waals surface area contributed by atoms with Gasteiger partial charge in [-0.2, -0.15) is 0 Å². The molecule has 2 aromatic rings. The minimum Gasteiger partial charge on any atom is -0.494 e. The quantitative estimate of drug-likeness (QED) is 0.349. The van der Waals surface area contributed by atoms with Crippen LogP contribution < -0.4 is 16.6 Å². The van der Waals surface area contributed by atoms with Crippen molar-refractivity contribution in [2.24, 2.45) is 0 Å². The number of carbonyl (C=O) groups is 2. The standard InChI is InChI=1S/C19H20N4O7/c1-3-29-17(26)12(13-7-5-6-8-20-13)10-21-14(18(27)30-4-2)9-11-15(24)22-19(28)23-16(11)25/h5-10,21H,3-4H2,1-2H3,(H3,22,23,24,25,28). The van der Waals surface area contributed by atoms with Crippen LogP contribution in [0.5, 0.6) is 5.88 Å². The van der Waals surface area contributed by atoms with Gasteiger partial charge in [0.25, 0.3) is 5.56 Å². The summed E-state index contributed by atoms with van der Waals surface area (Å²) in [6.45, 7) is 3.36. The number of H-pyrrole nitrogens is 2. The first-order valence-corrected chi connectivity index (χ1v) is 8.87. The van der Waals surface area contributed by atoms with E-state index in [0.717, 1.165) is 6.08 Å². The van der Waals surface area contributed by atoms with Crippen LogP contribution in [0.4, 0.5) is 0 Å². The molecule has 0 aliphatic heterocycles. The second-order valence-corrected chi connectivity index (χ2v) is 5.59. The van der Waals surface area contributed by atoms with Crippen molar-refractivity contribution in [2.45, 2.75) is 13.8 Å². The summed E-state index contributed by atoms with van der Waals surface area (Å²) in [4.78, 5) is 55.8. The summed E-state index contributed by atoms with van der Waals surface area (Å²) in [6, 6.07) is 4.89. The molecule has 0 aliphatic carbocycles. The SMILES string of the molecule is CCOC(=O)C(=Cc1c(O)[nH]c(=O)[nH]c1=O)NC=C(C(=O)OCC)c1ccccn1.